The van der Waals surface area contributed by atoms with Gasteiger partial charge in [0, 0.05) is 18.3 Å². The molecule has 3 heterocycles. The highest BCUT2D eigenvalue weighted by Crippen LogP contribution is 2.28. The van der Waals surface area contributed by atoms with Crippen molar-refractivity contribution >= 4 is 23.3 Å². The molecule has 0 spiro atoms. The van der Waals surface area contributed by atoms with Crippen molar-refractivity contribution in [2.24, 2.45) is 0 Å². The number of hydrogen-bond acceptors (Lipinski definition) is 3. The van der Waals surface area contributed by atoms with Crippen LogP contribution in [0.3, 0.4) is 0 Å². The third-order valence-electron chi connectivity index (χ3n) is 4.86. The Morgan fingerprint density at radius 1 is 1.11 bits per heavy atom. The van der Waals surface area contributed by atoms with Crippen LogP contribution in [0.15, 0.2) is 42.6 Å². The number of fused-ring (bicyclic) bond motifs is 1. The minimum Gasteiger partial charge on any atom is -0.327 e. The summed E-state index contributed by atoms with van der Waals surface area (Å²) in [5.41, 5.74) is 3.74. The predicted octanol–water partition coefficient (Wildman–Crippen LogP) is 4.89. The van der Waals surface area contributed by atoms with Crippen molar-refractivity contribution < 1.29 is 4.79 Å². The van der Waals surface area contributed by atoms with Gasteiger partial charge in [-0.15, -0.1) is 0 Å². The number of halogens is 1. The molecule has 0 saturated carbocycles. The van der Waals surface area contributed by atoms with Gasteiger partial charge in [0.15, 0.2) is 0 Å². The monoisotopic (exact) mass is 380 g/mol. The van der Waals surface area contributed by atoms with Gasteiger partial charge in [-0.2, -0.15) is 0 Å². The van der Waals surface area contributed by atoms with E-state index in [1.165, 1.54) is 11.8 Å². The van der Waals surface area contributed by atoms with E-state index in [0.29, 0.717) is 16.5 Å². The maximum Gasteiger partial charge on any atom is 0.277 e. The number of pyridine rings is 1. The van der Waals surface area contributed by atoms with Gasteiger partial charge >= 0.3 is 0 Å². The summed E-state index contributed by atoms with van der Waals surface area (Å²) in [6.07, 6.45) is 5.70. The summed E-state index contributed by atoms with van der Waals surface area (Å²) >= 11 is 5.87. The van der Waals surface area contributed by atoms with Gasteiger partial charge in [0.1, 0.15) is 17.3 Å². The molecule has 138 valence electrons. The summed E-state index contributed by atoms with van der Waals surface area (Å²) < 4.78 is 2.21. The first-order valence-electron chi connectivity index (χ1n) is 9.21. The molecular weight excluding hydrogens is 360 g/mol. The van der Waals surface area contributed by atoms with Gasteiger partial charge in [0.05, 0.1) is 10.7 Å². The quantitative estimate of drug-likeness (QED) is 0.704. The number of nitrogens with one attached hydrogen (secondary N) is 1. The topological polar surface area (TPSA) is 59.8 Å². The number of anilines is 1. The lowest BCUT2D eigenvalue weighted by Gasteiger charge is -2.09. The van der Waals surface area contributed by atoms with E-state index in [-0.39, 0.29) is 5.91 Å². The first-order valence-corrected chi connectivity index (χ1v) is 9.59. The Morgan fingerprint density at radius 3 is 2.67 bits per heavy atom. The Hall–Kier alpha value is -2.66. The molecule has 3 aromatic rings. The second kappa shape index (κ2) is 7.53. The van der Waals surface area contributed by atoms with E-state index in [2.05, 4.69) is 46.1 Å². The summed E-state index contributed by atoms with van der Waals surface area (Å²) in [5.74, 6) is 1.10. The van der Waals surface area contributed by atoms with Gasteiger partial charge in [-0.05, 0) is 38.3 Å². The van der Waals surface area contributed by atoms with E-state index < -0.39 is 0 Å². The summed E-state index contributed by atoms with van der Waals surface area (Å²) in [5, 5.41) is 3.38. The molecule has 1 amide bonds. The molecule has 0 unspecified atom stereocenters. The average Bonchev–Trinajstić information content (AvgIpc) is 2.86. The van der Waals surface area contributed by atoms with Crippen LogP contribution < -0.4 is 5.32 Å². The maximum absolute atomic E-state index is 12.9. The van der Waals surface area contributed by atoms with E-state index in [0.717, 1.165) is 49.3 Å². The van der Waals surface area contributed by atoms with E-state index in [1.54, 1.807) is 12.1 Å². The van der Waals surface area contributed by atoms with Crippen molar-refractivity contribution in [3.05, 3.63) is 64.6 Å². The molecule has 0 bridgehead atoms. The molecule has 1 N–H and O–H groups in total. The summed E-state index contributed by atoms with van der Waals surface area (Å²) in [4.78, 5) is 21.8. The first kappa shape index (κ1) is 17.7. The smallest absolute Gasteiger partial charge is 0.277 e. The molecule has 0 radical (unpaired) electrons. The molecule has 0 aliphatic carbocycles. The normalized spacial score (nSPS) is 13.7. The van der Waals surface area contributed by atoms with Gasteiger partial charge in [-0.25, -0.2) is 9.97 Å². The minimum atomic E-state index is -0.228. The number of carbonyl (C=O) groups excluding carboxylic acids is 1. The van der Waals surface area contributed by atoms with Crippen LogP contribution in [0.4, 0.5) is 5.82 Å². The maximum atomic E-state index is 12.9. The predicted molar refractivity (Wildman–Crippen MR) is 107 cm³/mol. The molecule has 4 rings (SSSR count). The van der Waals surface area contributed by atoms with Crippen LogP contribution in [0.25, 0.3) is 11.4 Å². The molecule has 1 aliphatic heterocycles. The molecule has 1 aliphatic rings. The molecule has 27 heavy (non-hydrogen) atoms. The fourth-order valence-corrected chi connectivity index (χ4v) is 3.56. The molecule has 6 heteroatoms. The lowest BCUT2D eigenvalue weighted by atomic mass is 10.1. The number of hydrogen-bond donors (Lipinski definition) is 1. The number of aryl methyl sites for hydroxylation is 1. The summed E-state index contributed by atoms with van der Waals surface area (Å²) in [6.45, 7) is 2.95. The van der Waals surface area contributed by atoms with Crippen LogP contribution >= 0.6 is 11.6 Å². The molecule has 0 saturated heterocycles. The second-order valence-electron chi connectivity index (χ2n) is 6.87. The summed E-state index contributed by atoms with van der Waals surface area (Å²) in [6, 6.07) is 11.7. The van der Waals surface area contributed by atoms with Crippen LogP contribution in [0.5, 0.6) is 0 Å². The van der Waals surface area contributed by atoms with E-state index in [9.17, 15) is 4.79 Å². The van der Waals surface area contributed by atoms with Crippen LogP contribution in [-0.2, 0) is 13.0 Å². The molecule has 0 atom stereocenters. The fourth-order valence-electron chi connectivity index (χ4n) is 3.45. The number of imidazole rings is 1. The molecule has 1 aromatic carbocycles. The number of benzene rings is 1. The van der Waals surface area contributed by atoms with Crippen LogP contribution in [0.2, 0.25) is 5.02 Å². The highest BCUT2D eigenvalue weighted by molar-refractivity contribution is 6.30. The van der Waals surface area contributed by atoms with Crippen molar-refractivity contribution in [2.75, 3.05) is 5.32 Å². The van der Waals surface area contributed by atoms with Gasteiger partial charge in [-0.1, -0.05) is 47.9 Å². The minimum absolute atomic E-state index is 0.228. The summed E-state index contributed by atoms with van der Waals surface area (Å²) in [7, 11) is 0. The highest BCUT2D eigenvalue weighted by atomic mass is 35.5. The fraction of sp³-hybridized carbons (Fsp3) is 0.286. The Balaban J connectivity index is 1.72. The standard InChI is InChI=1S/C21H21ClN4O/c1-14-6-8-15(9-7-14)20-25-19(17-5-3-2-4-12-26(17)20)21(27)24-18-11-10-16(22)13-23-18/h6-11,13H,2-5,12H2,1H3,(H,23,24,27). The third-order valence-corrected chi connectivity index (χ3v) is 5.09. The van der Waals surface area contributed by atoms with E-state index >= 15 is 0 Å². The largest absolute Gasteiger partial charge is 0.327 e. The van der Waals surface area contributed by atoms with Crippen LogP contribution in [0, 0.1) is 6.92 Å². The van der Waals surface area contributed by atoms with Crippen molar-refractivity contribution in [1.82, 2.24) is 14.5 Å². The zero-order valence-electron chi connectivity index (χ0n) is 15.2. The number of amides is 1. The van der Waals surface area contributed by atoms with Gasteiger partial charge in [0.25, 0.3) is 5.91 Å². The Morgan fingerprint density at radius 2 is 1.93 bits per heavy atom. The lowest BCUT2D eigenvalue weighted by molar-refractivity contribution is 0.102. The third kappa shape index (κ3) is 3.74. The first-order chi connectivity index (χ1) is 13.1. The Labute approximate surface area is 163 Å². The lowest BCUT2D eigenvalue weighted by Crippen LogP contribution is -2.16. The molecular formula is C21H21ClN4O. The Kier molecular flexibility index (Phi) is 4.94. The van der Waals surface area contributed by atoms with Crippen molar-refractivity contribution in [2.45, 2.75) is 39.2 Å². The van der Waals surface area contributed by atoms with Crippen LogP contribution in [0.1, 0.15) is 41.0 Å². The van der Waals surface area contributed by atoms with Gasteiger partial charge in [0.2, 0.25) is 0 Å². The van der Waals surface area contributed by atoms with Gasteiger partial charge < -0.3 is 9.88 Å². The van der Waals surface area contributed by atoms with Crippen molar-refractivity contribution in [1.29, 1.82) is 0 Å². The molecule has 5 nitrogen and oxygen atoms in total. The highest BCUT2D eigenvalue weighted by Gasteiger charge is 2.24. The molecule has 0 fully saturated rings. The zero-order valence-corrected chi connectivity index (χ0v) is 16.0. The van der Waals surface area contributed by atoms with Gasteiger partial charge in [-0.3, -0.25) is 4.79 Å². The Bertz CT molecular complexity index is 961. The number of aromatic nitrogens is 3. The van der Waals surface area contributed by atoms with E-state index in [4.69, 9.17) is 16.6 Å². The van der Waals surface area contributed by atoms with Crippen LogP contribution in [-0.4, -0.2) is 20.4 Å². The molecule has 2 aromatic heterocycles. The average molecular weight is 381 g/mol. The SMILES string of the molecule is Cc1ccc(-c2nc(C(=O)Nc3ccc(Cl)cn3)c3n2CCCCC3)cc1. The van der Waals surface area contributed by atoms with Crippen molar-refractivity contribution in [3.8, 4) is 11.4 Å². The number of carbonyl (C=O) groups is 1. The second-order valence-corrected chi connectivity index (χ2v) is 7.31. The number of rotatable bonds is 3. The zero-order chi connectivity index (χ0) is 18.8. The van der Waals surface area contributed by atoms with E-state index in [1.807, 2.05) is 0 Å². The number of nitrogens with zero attached hydrogens (tertiary/aromatic N) is 3. The van der Waals surface area contributed by atoms with Crippen molar-refractivity contribution in [3.63, 3.8) is 0 Å².